The molecular weight excluding hydrogens is 440 g/mol. The van der Waals surface area contributed by atoms with Crippen LogP contribution in [0.1, 0.15) is 127 Å². The molecule has 2 nitrogen and oxygen atoms in total. The molecule has 1 aliphatic carbocycles. The SMILES string of the molecule is CCCCCCC1CCC(c2ccc(-c3ccc(C4COC(CCCCCC)CO4)cc3)cc2)CC1. The van der Waals surface area contributed by atoms with E-state index < -0.39 is 0 Å². The van der Waals surface area contributed by atoms with Gasteiger partial charge in [-0.15, -0.1) is 0 Å². The predicted molar refractivity (Wildman–Crippen MR) is 153 cm³/mol. The largest absolute Gasteiger partial charge is 0.373 e. The minimum atomic E-state index is 0.0649. The summed E-state index contributed by atoms with van der Waals surface area (Å²) in [4.78, 5) is 0. The van der Waals surface area contributed by atoms with E-state index in [2.05, 4.69) is 62.4 Å². The molecule has 1 heterocycles. The van der Waals surface area contributed by atoms with Gasteiger partial charge < -0.3 is 9.47 Å². The molecule has 0 radical (unpaired) electrons. The number of benzene rings is 2. The summed E-state index contributed by atoms with van der Waals surface area (Å²) in [6, 6.07) is 18.3. The Kier molecular flexibility index (Phi) is 11.4. The maximum Gasteiger partial charge on any atom is 0.106 e. The highest BCUT2D eigenvalue weighted by Gasteiger charge is 2.24. The highest BCUT2D eigenvalue weighted by atomic mass is 16.6. The minimum Gasteiger partial charge on any atom is -0.373 e. The Morgan fingerprint density at radius 1 is 0.583 bits per heavy atom. The molecule has 1 aliphatic heterocycles. The molecular formula is C34H50O2. The van der Waals surface area contributed by atoms with Gasteiger partial charge in [-0.05, 0) is 66.2 Å². The van der Waals surface area contributed by atoms with E-state index in [1.807, 2.05) is 0 Å². The standard InChI is InChI=1S/C34H50O2/c1-3-5-7-9-11-27-13-15-28(16-14-27)29-17-19-30(20-18-29)31-21-23-32(24-22-31)34-26-35-33(25-36-34)12-10-8-6-4-2/h17-24,27-28,33-34H,3-16,25-26H2,1-2H3. The molecule has 2 heteroatoms. The number of hydrogen-bond donors (Lipinski definition) is 0. The van der Waals surface area contributed by atoms with Crippen LogP contribution in [0.2, 0.25) is 0 Å². The molecule has 0 spiro atoms. The molecule has 0 amide bonds. The molecule has 2 aliphatic rings. The maximum absolute atomic E-state index is 6.18. The number of unbranched alkanes of at least 4 members (excludes halogenated alkanes) is 6. The van der Waals surface area contributed by atoms with Crippen LogP contribution in [0, 0.1) is 5.92 Å². The lowest BCUT2D eigenvalue weighted by Crippen LogP contribution is -2.31. The van der Waals surface area contributed by atoms with Crippen LogP contribution in [0.4, 0.5) is 0 Å². The smallest absolute Gasteiger partial charge is 0.106 e. The van der Waals surface area contributed by atoms with Crippen molar-refractivity contribution in [2.45, 2.75) is 122 Å². The second-order valence-electron chi connectivity index (χ2n) is 11.4. The fourth-order valence-corrected chi connectivity index (χ4v) is 6.18. The van der Waals surface area contributed by atoms with Crippen molar-refractivity contribution in [3.8, 4) is 11.1 Å². The first-order valence-electron chi connectivity index (χ1n) is 15.2. The molecule has 2 unspecified atom stereocenters. The van der Waals surface area contributed by atoms with E-state index in [1.165, 1.54) is 106 Å². The van der Waals surface area contributed by atoms with E-state index in [0.29, 0.717) is 6.61 Å². The van der Waals surface area contributed by atoms with Gasteiger partial charge >= 0.3 is 0 Å². The Morgan fingerprint density at radius 3 is 1.72 bits per heavy atom. The number of hydrogen-bond acceptors (Lipinski definition) is 2. The van der Waals surface area contributed by atoms with E-state index in [4.69, 9.17) is 9.47 Å². The summed E-state index contributed by atoms with van der Waals surface area (Å²) in [7, 11) is 0. The third-order valence-corrected chi connectivity index (χ3v) is 8.66. The Balaban J connectivity index is 1.22. The average molecular weight is 491 g/mol. The third kappa shape index (κ3) is 8.18. The van der Waals surface area contributed by atoms with Crippen molar-refractivity contribution in [3.63, 3.8) is 0 Å². The lowest BCUT2D eigenvalue weighted by molar-refractivity contribution is -0.137. The van der Waals surface area contributed by atoms with E-state index in [0.717, 1.165) is 24.9 Å². The second kappa shape index (κ2) is 14.9. The van der Waals surface area contributed by atoms with E-state index in [1.54, 1.807) is 0 Å². The van der Waals surface area contributed by atoms with Crippen LogP contribution in [-0.4, -0.2) is 19.3 Å². The third-order valence-electron chi connectivity index (χ3n) is 8.66. The summed E-state index contributed by atoms with van der Waals surface area (Å²) in [5.74, 6) is 1.73. The summed E-state index contributed by atoms with van der Waals surface area (Å²) >= 11 is 0. The Morgan fingerprint density at radius 2 is 1.17 bits per heavy atom. The minimum absolute atomic E-state index is 0.0649. The van der Waals surface area contributed by atoms with Crippen molar-refractivity contribution in [3.05, 3.63) is 59.7 Å². The maximum atomic E-state index is 6.18. The van der Waals surface area contributed by atoms with Crippen molar-refractivity contribution in [1.82, 2.24) is 0 Å². The lowest BCUT2D eigenvalue weighted by atomic mass is 9.77. The van der Waals surface area contributed by atoms with Crippen LogP contribution in [0.5, 0.6) is 0 Å². The highest BCUT2D eigenvalue weighted by Crippen LogP contribution is 2.38. The zero-order valence-electron chi connectivity index (χ0n) is 23.1. The average Bonchev–Trinajstić information content (AvgIpc) is 2.94. The molecule has 2 aromatic carbocycles. The molecule has 36 heavy (non-hydrogen) atoms. The summed E-state index contributed by atoms with van der Waals surface area (Å²) in [6.07, 6.45) is 19.3. The van der Waals surface area contributed by atoms with Gasteiger partial charge in [0.05, 0.1) is 19.3 Å². The fourth-order valence-electron chi connectivity index (χ4n) is 6.18. The Labute approximate surface area is 221 Å². The first-order chi connectivity index (χ1) is 17.8. The summed E-state index contributed by atoms with van der Waals surface area (Å²) < 4.78 is 12.3. The topological polar surface area (TPSA) is 18.5 Å². The Hall–Kier alpha value is -1.64. The molecule has 1 saturated carbocycles. The van der Waals surface area contributed by atoms with Crippen LogP contribution in [-0.2, 0) is 9.47 Å². The molecule has 0 aromatic heterocycles. The van der Waals surface area contributed by atoms with Gasteiger partial charge in [-0.2, -0.15) is 0 Å². The lowest BCUT2D eigenvalue weighted by Gasteiger charge is -2.30. The van der Waals surface area contributed by atoms with Crippen LogP contribution in [0.25, 0.3) is 11.1 Å². The van der Waals surface area contributed by atoms with Crippen molar-refractivity contribution in [2.75, 3.05) is 13.2 Å². The van der Waals surface area contributed by atoms with Gasteiger partial charge in [0, 0.05) is 0 Å². The molecule has 2 atom stereocenters. The van der Waals surface area contributed by atoms with Crippen molar-refractivity contribution in [2.24, 2.45) is 5.92 Å². The molecule has 2 fully saturated rings. The highest BCUT2D eigenvalue weighted by molar-refractivity contribution is 5.64. The van der Waals surface area contributed by atoms with Gasteiger partial charge in [0.2, 0.25) is 0 Å². The monoisotopic (exact) mass is 490 g/mol. The molecule has 4 rings (SSSR count). The summed E-state index contributed by atoms with van der Waals surface area (Å²) in [5, 5.41) is 0. The van der Waals surface area contributed by atoms with E-state index in [-0.39, 0.29) is 12.2 Å². The van der Waals surface area contributed by atoms with Gasteiger partial charge in [0.1, 0.15) is 6.10 Å². The van der Waals surface area contributed by atoms with Crippen LogP contribution in [0.3, 0.4) is 0 Å². The molecule has 0 N–H and O–H groups in total. The van der Waals surface area contributed by atoms with Gasteiger partial charge in [0.15, 0.2) is 0 Å². The van der Waals surface area contributed by atoms with Gasteiger partial charge in [-0.1, -0.05) is 120 Å². The van der Waals surface area contributed by atoms with E-state index in [9.17, 15) is 0 Å². The van der Waals surface area contributed by atoms with Gasteiger partial charge in [0.25, 0.3) is 0 Å². The van der Waals surface area contributed by atoms with Gasteiger partial charge in [-0.3, -0.25) is 0 Å². The second-order valence-corrected chi connectivity index (χ2v) is 11.4. The van der Waals surface area contributed by atoms with Crippen molar-refractivity contribution >= 4 is 0 Å². The molecule has 0 bridgehead atoms. The first-order valence-corrected chi connectivity index (χ1v) is 15.2. The van der Waals surface area contributed by atoms with Gasteiger partial charge in [-0.25, -0.2) is 0 Å². The summed E-state index contributed by atoms with van der Waals surface area (Å²) in [6.45, 7) is 5.96. The number of rotatable bonds is 13. The van der Waals surface area contributed by atoms with Crippen LogP contribution >= 0.6 is 0 Å². The van der Waals surface area contributed by atoms with E-state index >= 15 is 0 Å². The zero-order chi connectivity index (χ0) is 25.0. The molecule has 198 valence electrons. The quantitative estimate of drug-likeness (QED) is 0.260. The molecule has 1 saturated heterocycles. The number of ether oxygens (including phenoxy) is 2. The van der Waals surface area contributed by atoms with Crippen molar-refractivity contribution < 1.29 is 9.47 Å². The fraction of sp³-hybridized carbons (Fsp3) is 0.647. The summed E-state index contributed by atoms with van der Waals surface area (Å²) in [5.41, 5.74) is 5.36. The van der Waals surface area contributed by atoms with Crippen LogP contribution in [0.15, 0.2) is 48.5 Å². The predicted octanol–water partition coefficient (Wildman–Crippen LogP) is 10.0. The van der Waals surface area contributed by atoms with Crippen LogP contribution < -0.4 is 0 Å². The first kappa shape index (κ1) is 27.4. The Bertz CT molecular complexity index is 766. The molecule has 2 aromatic rings. The van der Waals surface area contributed by atoms with Crippen molar-refractivity contribution in [1.29, 1.82) is 0 Å². The zero-order valence-corrected chi connectivity index (χ0v) is 23.1. The normalized spacial score (nSPS) is 24.6.